The molecule has 2 aliphatic rings. The van der Waals surface area contributed by atoms with Crippen LogP contribution in [0.2, 0.25) is 0 Å². The number of hydrogen-bond donors (Lipinski definition) is 1. The summed E-state index contributed by atoms with van der Waals surface area (Å²) >= 11 is 0. The third-order valence-electron chi connectivity index (χ3n) is 5.46. The first kappa shape index (κ1) is 17.8. The third kappa shape index (κ3) is 4.38. The van der Waals surface area contributed by atoms with Gasteiger partial charge in [-0.15, -0.1) is 0 Å². The summed E-state index contributed by atoms with van der Waals surface area (Å²) in [5.74, 6) is 2.65. The topological polar surface area (TPSA) is 67.3 Å². The van der Waals surface area contributed by atoms with Crippen molar-refractivity contribution in [1.82, 2.24) is 15.3 Å². The van der Waals surface area contributed by atoms with E-state index in [1.54, 1.807) is 13.4 Å². The Morgan fingerprint density at radius 2 is 2.00 bits per heavy atom. The Labute approximate surface area is 160 Å². The van der Waals surface area contributed by atoms with E-state index in [0.717, 1.165) is 48.8 Å². The van der Waals surface area contributed by atoms with Gasteiger partial charge in [-0.25, -0.2) is 9.97 Å². The van der Waals surface area contributed by atoms with Gasteiger partial charge in [-0.1, -0.05) is 12.1 Å². The standard InChI is InChI=1S/C21H26N4O2/c1-27-18-4-2-3-15(11-18)13-22-21(26)17-7-9-25(10-8-17)20-12-19(16-5-6-16)23-14-24-20/h2-4,11-12,14,16-17H,5-10,13H2,1H3,(H,22,26). The predicted molar refractivity (Wildman–Crippen MR) is 104 cm³/mol. The highest BCUT2D eigenvalue weighted by atomic mass is 16.5. The van der Waals surface area contributed by atoms with E-state index >= 15 is 0 Å². The Morgan fingerprint density at radius 3 is 2.74 bits per heavy atom. The van der Waals surface area contributed by atoms with E-state index in [2.05, 4.69) is 26.3 Å². The maximum atomic E-state index is 12.5. The van der Waals surface area contributed by atoms with Gasteiger partial charge in [0.15, 0.2) is 0 Å². The summed E-state index contributed by atoms with van der Waals surface area (Å²) in [5.41, 5.74) is 2.21. The molecule has 2 heterocycles. The molecule has 6 heteroatoms. The van der Waals surface area contributed by atoms with Gasteiger partial charge in [0.1, 0.15) is 17.9 Å². The summed E-state index contributed by atoms with van der Waals surface area (Å²) in [6.45, 7) is 2.25. The number of benzene rings is 1. The molecule has 0 atom stereocenters. The normalized spacial score (nSPS) is 17.6. The van der Waals surface area contributed by atoms with Crippen molar-refractivity contribution in [3.63, 3.8) is 0 Å². The number of aromatic nitrogens is 2. The van der Waals surface area contributed by atoms with Crippen molar-refractivity contribution < 1.29 is 9.53 Å². The van der Waals surface area contributed by atoms with E-state index in [1.807, 2.05) is 24.3 Å². The molecule has 27 heavy (non-hydrogen) atoms. The Morgan fingerprint density at radius 1 is 1.19 bits per heavy atom. The molecular weight excluding hydrogens is 340 g/mol. The van der Waals surface area contributed by atoms with Crippen LogP contribution in [-0.2, 0) is 11.3 Å². The van der Waals surface area contributed by atoms with E-state index in [4.69, 9.17) is 4.74 Å². The molecular formula is C21H26N4O2. The van der Waals surface area contributed by atoms with E-state index in [-0.39, 0.29) is 11.8 Å². The molecule has 0 spiro atoms. The van der Waals surface area contributed by atoms with Gasteiger partial charge in [0, 0.05) is 43.2 Å². The van der Waals surface area contributed by atoms with Crippen LogP contribution in [0.3, 0.4) is 0 Å². The first-order valence-electron chi connectivity index (χ1n) is 9.70. The summed E-state index contributed by atoms with van der Waals surface area (Å²) in [7, 11) is 1.65. The van der Waals surface area contributed by atoms with Crippen molar-refractivity contribution in [3.05, 3.63) is 47.9 Å². The Balaban J connectivity index is 1.28. The first-order valence-corrected chi connectivity index (χ1v) is 9.70. The highest BCUT2D eigenvalue weighted by Gasteiger charge is 2.28. The number of carbonyl (C=O) groups is 1. The quantitative estimate of drug-likeness (QED) is 0.851. The van der Waals surface area contributed by atoms with Crippen LogP contribution in [0.5, 0.6) is 5.75 Å². The fraction of sp³-hybridized carbons (Fsp3) is 0.476. The van der Waals surface area contributed by atoms with Crippen molar-refractivity contribution in [1.29, 1.82) is 0 Å². The summed E-state index contributed by atoms with van der Waals surface area (Å²) in [6, 6.07) is 9.92. The molecule has 1 aromatic heterocycles. The van der Waals surface area contributed by atoms with Gasteiger partial charge in [0.05, 0.1) is 7.11 Å². The number of hydrogen-bond acceptors (Lipinski definition) is 5. The molecule has 2 aromatic rings. The van der Waals surface area contributed by atoms with Crippen LogP contribution in [0.1, 0.15) is 42.9 Å². The number of piperidine rings is 1. The van der Waals surface area contributed by atoms with Gasteiger partial charge in [0.25, 0.3) is 0 Å². The molecule has 1 aliphatic heterocycles. The largest absolute Gasteiger partial charge is 0.497 e. The summed E-state index contributed by atoms with van der Waals surface area (Å²) in [6.07, 6.45) is 5.87. The fourth-order valence-corrected chi connectivity index (χ4v) is 3.62. The SMILES string of the molecule is COc1cccc(CNC(=O)C2CCN(c3cc(C4CC4)ncn3)CC2)c1. The molecule has 1 saturated heterocycles. The zero-order chi connectivity index (χ0) is 18.6. The average molecular weight is 366 g/mol. The van der Waals surface area contributed by atoms with Gasteiger partial charge in [0.2, 0.25) is 5.91 Å². The van der Waals surface area contributed by atoms with Gasteiger partial charge in [-0.3, -0.25) is 4.79 Å². The van der Waals surface area contributed by atoms with E-state index in [9.17, 15) is 4.79 Å². The van der Waals surface area contributed by atoms with Crippen molar-refractivity contribution in [2.45, 2.75) is 38.1 Å². The van der Waals surface area contributed by atoms with Crippen LogP contribution in [-0.4, -0.2) is 36.1 Å². The van der Waals surface area contributed by atoms with E-state index in [0.29, 0.717) is 12.5 Å². The lowest BCUT2D eigenvalue weighted by Gasteiger charge is -2.32. The Bertz CT molecular complexity index is 798. The number of methoxy groups -OCH3 is 1. The zero-order valence-corrected chi connectivity index (χ0v) is 15.7. The maximum Gasteiger partial charge on any atom is 0.223 e. The summed E-state index contributed by atoms with van der Waals surface area (Å²) in [5, 5.41) is 3.07. The van der Waals surface area contributed by atoms with Crippen LogP contribution >= 0.6 is 0 Å². The Hall–Kier alpha value is -2.63. The van der Waals surface area contributed by atoms with Crippen LogP contribution in [0.4, 0.5) is 5.82 Å². The molecule has 1 amide bonds. The predicted octanol–water partition coefficient (Wildman–Crippen LogP) is 2.90. The van der Waals surface area contributed by atoms with Gasteiger partial charge in [-0.2, -0.15) is 0 Å². The smallest absolute Gasteiger partial charge is 0.223 e. The van der Waals surface area contributed by atoms with Crippen LogP contribution in [0.25, 0.3) is 0 Å². The van der Waals surface area contributed by atoms with Crippen LogP contribution < -0.4 is 15.0 Å². The number of nitrogens with one attached hydrogen (secondary N) is 1. The molecule has 6 nitrogen and oxygen atoms in total. The zero-order valence-electron chi connectivity index (χ0n) is 15.7. The minimum Gasteiger partial charge on any atom is -0.497 e. The van der Waals surface area contributed by atoms with Crippen molar-refractivity contribution in [2.24, 2.45) is 5.92 Å². The van der Waals surface area contributed by atoms with Crippen LogP contribution in [0.15, 0.2) is 36.7 Å². The molecule has 2 fully saturated rings. The lowest BCUT2D eigenvalue weighted by atomic mass is 9.95. The molecule has 0 radical (unpaired) electrons. The minimum absolute atomic E-state index is 0.0663. The lowest BCUT2D eigenvalue weighted by molar-refractivity contribution is -0.125. The fourth-order valence-electron chi connectivity index (χ4n) is 3.62. The van der Waals surface area contributed by atoms with Crippen molar-refractivity contribution in [3.8, 4) is 5.75 Å². The second kappa shape index (κ2) is 7.94. The summed E-state index contributed by atoms with van der Waals surface area (Å²) < 4.78 is 5.23. The lowest BCUT2D eigenvalue weighted by Crippen LogP contribution is -2.40. The molecule has 1 N–H and O–H groups in total. The summed E-state index contributed by atoms with van der Waals surface area (Å²) in [4.78, 5) is 23.6. The number of rotatable bonds is 6. The molecule has 1 aromatic carbocycles. The van der Waals surface area contributed by atoms with E-state index < -0.39 is 0 Å². The monoisotopic (exact) mass is 366 g/mol. The molecule has 0 unspecified atom stereocenters. The second-order valence-corrected chi connectivity index (χ2v) is 7.41. The number of carbonyl (C=O) groups excluding carboxylic acids is 1. The van der Waals surface area contributed by atoms with Crippen LogP contribution in [0, 0.1) is 5.92 Å². The van der Waals surface area contributed by atoms with Crippen molar-refractivity contribution >= 4 is 11.7 Å². The molecule has 1 aliphatic carbocycles. The average Bonchev–Trinajstić information content (AvgIpc) is 3.58. The minimum atomic E-state index is 0.0663. The number of amides is 1. The van der Waals surface area contributed by atoms with Gasteiger partial charge >= 0.3 is 0 Å². The van der Waals surface area contributed by atoms with E-state index in [1.165, 1.54) is 12.8 Å². The second-order valence-electron chi connectivity index (χ2n) is 7.41. The molecule has 1 saturated carbocycles. The van der Waals surface area contributed by atoms with Gasteiger partial charge < -0.3 is 15.0 Å². The van der Waals surface area contributed by atoms with Gasteiger partial charge in [-0.05, 0) is 43.4 Å². The maximum absolute atomic E-state index is 12.5. The third-order valence-corrected chi connectivity index (χ3v) is 5.46. The highest BCUT2D eigenvalue weighted by Crippen LogP contribution is 2.39. The molecule has 0 bridgehead atoms. The highest BCUT2D eigenvalue weighted by molar-refractivity contribution is 5.79. The Kier molecular flexibility index (Phi) is 5.23. The number of ether oxygens (including phenoxy) is 1. The molecule has 4 rings (SSSR count). The number of anilines is 1. The molecule has 142 valence electrons. The number of nitrogens with zero attached hydrogens (tertiary/aromatic N) is 3. The first-order chi connectivity index (χ1) is 13.2. The van der Waals surface area contributed by atoms with Crippen molar-refractivity contribution in [2.75, 3.05) is 25.1 Å².